The SMILES string of the molecule is CCNC(C)CC(C)(C(=O)NC)c1ccc(C(=O)NC)cc1CCC1=CC=CC(C(=O)NC)=CC1. The Morgan fingerprint density at radius 1 is 1.03 bits per heavy atom. The molecule has 190 valence electrons. The Bertz CT molecular complexity index is 1030. The third-order valence-electron chi connectivity index (χ3n) is 6.58. The summed E-state index contributed by atoms with van der Waals surface area (Å²) in [6.07, 6.45) is 10.4. The third kappa shape index (κ3) is 7.15. The van der Waals surface area contributed by atoms with E-state index in [9.17, 15) is 14.4 Å². The zero-order valence-corrected chi connectivity index (χ0v) is 21.9. The van der Waals surface area contributed by atoms with Gasteiger partial charge in [0.1, 0.15) is 0 Å². The van der Waals surface area contributed by atoms with Gasteiger partial charge in [-0.2, -0.15) is 0 Å². The molecular formula is C28H40N4O3. The molecule has 0 aliphatic heterocycles. The molecule has 1 aromatic carbocycles. The Morgan fingerprint density at radius 2 is 1.74 bits per heavy atom. The van der Waals surface area contributed by atoms with Crippen LogP contribution in [0.5, 0.6) is 0 Å². The van der Waals surface area contributed by atoms with Crippen LogP contribution in [0, 0.1) is 0 Å². The van der Waals surface area contributed by atoms with E-state index in [1.54, 1.807) is 27.2 Å². The summed E-state index contributed by atoms with van der Waals surface area (Å²) >= 11 is 0. The monoisotopic (exact) mass is 480 g/mol. The van der Waals surface area contributed by atoms with Crippen LogP contribution in [-0.4, -0.2) is 51.5 Å². The van der Waals surface area contributed by atoms with Gasteiger partial charge in [0.15, 0.2) is 0 Å². The maximum Gasteiger partial charge on any atom is 0.251 e. The minimum absolute atomic E-state index is 0.0500. The molecule has 1 aliphatic rings. The van der Waals surface area contributed by atoms with E-state index < -0.39 is 5.41 Å². The summed E-state index contributed by atoms with van der Waals surface area (Å²) in [5, 5.41) is 11.6. The van der Waals surface area contributed by atoms with Gasteiger partial charge < -0.3 is 21.3 Å². The number of carbonyl (C=O) groups excluding carboxylic acids is 3. The highest BCUT2D eigenvalue weighted by atomic mass is 16.2. The van der Waals surface area contributed by atoms with E-state index in [1.165, 1.54) is 5.57 Å². The maximum atomic E-state index is 13.2. The molecule has 0 radical (unpaired) electrons. The first kappa shape index (κ1) is 28.1. The smallest absolute Gasteiger partial charge is 0.251 e. The van der Waals surface area contributed by atoms with Crippen LogP contribution in [-0.2, 0) is 21.4 Å². The number of amides is 3. The molecule has 3 amide bonds. The number of nitrogens with one attached hydrogen (secondary N) is 4. The molecule has 1 aromatic rings. The lowest BCUT2D eigenvalue weighted by Crippen LogP contribution is -2.45. The summed E-state index contributed by atoms with van der Waals surface area (Å²) < 4.78 is 0. The first-order valence-corrected chi connectivity index (χ1v) is 12.3. The predicted molar refractivity (Wildman–Crippen MR) is 141 cm³/mol. The zero-order valence-electron chi connectivity index (χ0n) is 21.9. The van der Waals surface area contributed by atoms with Crippen LogP contribution in [0.25, 0.3) is 0 Å². The van der Waals surface area contributed by atoms with Crippen molar-refractivity contribution in [2.75, 3.05) is 27.7 Å². The van der Waals surface area contributed by atoms with Crippen molar-refractivity contribution in [2.24, 2.45) is 0 Å². The van der Waals surface area contributed by atoms with Crippen molar-refractivity contribution in [1.29, 1.82) is 0 Å². The third-order valence-corrected chi connectivity index (χ3v) is 6.58. The van der Waals surface area contributed by atoms with E-state index in [0.717, 1.165) is 24.1 Å². The predicted octanol–water partition coefficient (Wildman–Crippen LogP) is 2.93. The lowest BCUT2D eigenvalue weighted by molar-refractivity contribution is -0.126. The van der Waals surface area contributed by atoms with Crippen LogP contribution >= 0.6 is 0 Å². The molecule has 0 saturated carbocycles. The molecular weight excluding hydrogens is 440 g/mol. The molecule has 7 nitrogen and oxygen atoms in total. The number of allylic oxidation sites excluding steroid dienone is 4. The van der Waals surface area contributed by atoms with E-state index in [2.05, 4.69) is 35.1 Å². The molecule has 0 heterocycles. The van der Waals surface area contributed by atoms with Gasteiger partial charge in [0.2, 0.25) is 5.91 Å². The van der Waals surface area contributed by atoms with Crippen LogP contribution in [0.15, 0.2) is 53.6 Å². The molecule has 0 fully saturated rings. The van der Waals surface area contributed by atoms with Crippen molar-refractivity contribution in [1.82, 2.24) is 21.3 Å². The van der Waals surface area contributed by atoms with Gasteiger partial charge in [-0.15, -0.1) is 0 Å². The van der Waals surface area contributed by atoms with E-state index in [0.29, 0.717) is 30.4 Å². The number of rotatable bonds is 11. The molecule has 2 atom stereocenters. The second-order valence-corrected chi connectivity index (χ2v) is 9.15. The molecule has 0 saturated heterocycles. The molecule has 0 spiro atoms. The summed E-state index contributed by atoms with van der Waals surface area (Å²) in [6.45, 7) is 6.93. The van der Waals surface area contributed by atoms with Gasteiger partial charge in [0.05, 0.1) is 5.41 Å². The number of likely N-dealkylation sites (N-methyl/N-ethyl adjacent to an activating group) is 2. The highest BCUT2D eigenvalue weighted by Crippen LogP contribution is 2.34. The first-order chi connectivity index (χ1) is 16.7. The van der Waals surface area contributed by atoms with Gasteiger partial charge in [-0.05, 0) is 75.4 Å². The lowest BCUT2D eigenvalue weighted by Gasteiger charge is -2.33. The van der Waals surface area contributed by atoms with Crippen molar-refractivity contribution in [3.8, 4) is 0 Å². The molecule has 2 rings (SSSR count). The Kier molecular flexibility index (Phi) is 10.5. The van der Waals surface area contributed by atoms with E-state index in [-0.39, 0.29) is 23.8 Å². The lowest BCUT2D eigenvalue weighted by atomic mass is 9.73. The Labute approximate surface area is 209 Å². The summed E-state index contributed by atoms with van der Waals surface area (Å²) in [6, 6.07) is 5.77. The van der Waals surface area contributed by atoms with E-state index in [4.69, 9.17) is 0 Å². The number of benzene rings is 1. The molecule has 1 aliphatic carbocycles. The average molecular weight is 481 g/mol. The summed E-state index contributed by atoms with van der Waals surface area (Å²) in [4.78, 5) is 37.6. The number of aryl methyl sites for hydroxylation is 1. The van der Waals surface area contributed by atoms with Crippen molar-refractivity contribution in [3.63, 3.8) is 0 Å². The second-order valence-electron chi connectivity index (χ2n) is 9.15. The van der Waals surface area contributed by atoms with Gasteiger partial charge in [0, 0.05) is 38.3 Å². The molecule has 35 heavy (non-hydrogen) atoms. The molecule has 0 bridgehead atoms. The summed E-state index contributed by atoms with van der Waals surface area (Å²) in [5.41, 5.74) is 3.54. The van der Waals surface area contributed by atoms with Gasteiger partial charge in [-0.25, -0.2) is 0 Å². The highest BCUT2D eigenvalue weighted by molar-refractivity contribution is 5.96. The number of hydrogen-bond acceptors (Lipinski definition) is 4. The standard InChI is InChI=1S/C28H40N4O3/c1-7-32-19(2)18-28(3,27(35)31-6)24-16-15-23(26(34)30-5)17-22(24)14-12-20-9-8-10-21(13-11-20)25(33)29-4/h8-10,13,15-17,19,32H,7,11-12,14,18H2,1-6H3,(H,29,33)(H,30,34)(H,31,35). The Hall–Kier alpha value is -3.19. The molecule has 7 heteroatoms. The van der Waals surface area contributed by atoms with Crippen LogP contribution in [0.3, 0.4) is 0 Å². The minimum Gasteiger partial charge on any atom is -0.358 e. The minimum atomic E-state index is -0.767. The van der Waals surface area contributed by atoms with Crippen LogP contribution in [0.4, 0.5) is 0 Å². The molecule has 2 unspecified atom stereocenters. The van der Waals surface area contributed by atoms with Crippen molar-refractivity contribution in [2.45, 2.75) is 57.9 Å². The van der Waals surface area contributed by atoms with Crippen molar-refractivity contribution in [3.05, 3.63) is 70.3 Å². The van der Waals surface area contributed by atoms with Gasteiger partial charge in [-0.1, -0.05) is 36.8 Å². The second kappa shape index (κ2) is 13.0. The van der Waals surface area contributed by atoms with Crippen LogP contribution < -0.4 is 21.3 Å². The van der Waals surface area contributed by atoms with E-state index in [1.807, 2.05) is 43.4 Å². The normalized spacial score (nSPS) is 15.7. The fraction of sp³-hybridized carbons (Fsp3) is 0.464. The average Bonchev–Trinajstić information content (AvgIpc) is 3.11. The van der Waals surface area contributed by atoms with Crippen molar-refractivity contribution >= 4 is 17.7 Å². The van der Waals surface area contributed by atoms with Crippen LogP contribution in [0.2, 0.25) is 0 Å². The van der Waals surface area contributed by atoms with Crippen molar-refractivity contribution < 1.29 is 14.4 Å². The summed E-state index contributed by atoms with van der Waals surface area (Å²) in [7, 11) is 4.90. The fourth-order valence-corrected chi connectivity index (χ4v) is 4.72. The Morgan fingerprint density at radius 3 is 2.37 bits per heavy atom. The number of carbonyl (C=O) groups is 3. The molecule has 4 N–H and O–H groups in total. The highest BCUT2D eigenvalue weighted by Gasteiger charge is 2.37. The Balaban J connectivity index is 2.43. The zero-order chi connectivity index (χ0) is 26.0. The summed E-state index contributed by atoms with van der Waals surface area (Å²) in [5.74, 6) is -0.311. The topological polar surface area (TPSA) is 99.3 Å². The largest absolute Gasteiger partial charge is 0.358 e. The van der Waals surface area contributed by atoms with Gasteiger partial charge >= 0.3 is 0 Å². The van der Waals surface area contributed by atoms with Gasteiger partial charge in [-0.3, -0.25) is 14.4 Å². The maximum absolute atomic E-state index is 13.2. The number of hydrogen-bond donors (Lipinski definition) is 4. The molecule has 0 aromatic heterocycles. The van der Waals surface area contributed by atoms with E-state index >= 15 is 0 Å². The first-order valence-electron chi connectivity index (χ1n) is 12.3. The van der Waals surface area contributed by atoms with Crippen LogP contribution in [0.1, 0.15) is 61.5 Å². The quantitative estimate of drug-likeness (QED) is 0.391. The van der Waals surface area contributed by atoms with Gasteiger partial charge in [0.25, 0.3) is 11.8 Å². The fourth-order valence-electron chi connectivity index (χ4n) is 4.72.